The Kier molecular flexibility index (Phi) is 6.10. The molecule has 0 radical (unpaired) electrons. The Hall–Kier alpha value is -3.11. The van der Waals surface area contributed by atoms with E-state index in [2.05, 4.69) is 10.9 Å². The smallest absolute Gasteiger partial charge is 0.269 e. The van der Waals surface area contributed by atoms with Gasteiger partial charge in [0.25, 0.3) is 11.8 Å². The lowest BCUT2D eigenvalue weighted by Crippen LogP contribution is -2.51. The van der Waals surface area contributed by atoms with Crippen molar-refractivity contribution in [3.05, 3.63) is 59.7 Å². The highest BCUT2D eigenvalue weighted by atomic mass is 32.2. The molecule has 0 aliphatic carbocycles. The van der Waals surface area contributed by atoms with Crippen molar-refractivity contribution in [2.45, 2.75) is 6.04 Å². The summed E-state index contributed by atoms with van der Waals surface area (Å²) in [7, 11) is -3.09. The Morgan fingerprint density at radius 2 is 1.58 bits per heavy atom. The molecule has 9 nitrogen and oxygen atoms in total. The summed E-state index contributed by atoms with van der Waals surface area (Å²) in [6.45, 7) is 1.34. The lowest BCUT2D eigenvalue weighted by atomic mass is 10.0. The molecule has 2 aliphatic heterocycles. The summed E-state index contributed by atoms with van der Waals surface area (Å²) < 4.78 is 34.5. The lowest BCUT2D eigenvalue weighted by Gasteiger charge is -2.33. The van der Waals surface area contributed by atoms with Crippen LogP contribution in [0, 0.1) is 0 Å². The molecule has 4 rings (SSSR count). The summed E-state index contributed by atoms with van der Waals surface area (Å²) in [6, 6.07) is 13.1. The largest absolute Gasteiger partial charge is 0.486 e. The third kappa shape index (κ3) is 4.97. The summed E-state index contributed by atoms with van der Waals surface area (Å²) in [4.78, 5) is 27.4. The van der Waals surface area contributed by atoms with Gasteiger partial charge in [-0.25, -0.2) is 8.42 Å². The van der Waals surface area contributed by atoms with E-state index in [9.17, 15) is 18.0 Å². The standard InChI is InChI=1S/C21H23N3O6S/c25-20(16-6-7-17-18(14-16)30-11-10-29-17)22-23-21(26)19(15-4-2-1-3-5-15)24-8-12-31(27,28)13-9-24/h1-7,14,19H,8-13H2,(H,22,25)(H,23,26). The second kappa shape index (κ2) is 8.94. The van der Waals surface area contributed by atoms with E-state index in [0.717, 1.165) is 0 Å². The van der Waals surface area contributed by atoms with Crippen molar-refractivity contribution in [3.63, 3.8) is 0 Å². The maximum atomic E-state index is 13.0. The zero-order chi connectivity index (χ0) is 21.8. The molecule has 2 aromatic rings. The number of hydrazine groups is 1. The average Bonchev–Trinajstić information content (AvgIpc) is 2.79. The Morgan fingerprint density at radius 1 is 0.903 bits per heavy atom. The van der Waals surface area contributed by atoms with Gasteiger partial charge in [-0.05, 0) is 23.8 Å². The molecule has 2 N–H and O–H groups in total. The van der Waals surface area contributed by atoms with E-state index >= 15 is 0 Å². The summed E-state index contributed by atoms with van der Waals surface area (Å²) in [5, 5.41) is 0. The van der Waals surface area contributed by atoms with Gasteiger partial charge in [0.15, 0.2) is 21.3 Å². The van der Waals surface area contributed by atoms with Crippen molar-refractivity contribution in [1.82, 2.24) is 15.8 Å². The summed E-state index contributed by atoms with van der Waals surface area (Å²) in [5.41, 5.74) is 5.93. The number of hydrogen-bond acceptors (Lipinski definition) is 7. The number of rotatable bonds is 4. The van der Waals surface area contributed by atoms with E-state index in [1.165, 1.54) is 0 Å². The van der Waals surface area contributed by atoms with Gasteiger partial charge in [-0.2, -0.15) is 0 Å². The molecule has 1 saturated heterocycles. The van der Waals surface area contributed by atoms with Crippen LogP contribution in [0.5, 0.6) is 11.5 Å². The molecule has 2 heterocycles. The number of benzene rings is 2. The highest BCUT2D eigenvalue weighted by molar-refractivity contribution is 7.91. The van der Waals surface area contributed by atoms with E-state index in [4.69, 9.17) is 9.47 Å². The van der Waals surface area contributed by atoms with Gasteiger partial charge in [0.2, 0.25) is 0 Å². The fourth-order valence-electron chi connectivity index (χ4n) is 3.59. The number of carbonyl (C=O) groups is 2. The van der Waals surface area contributed by atoms with Crippen molar-refractivity contribution in [1.29, 1.82) is 0 Å². The first-order valence-corrected chi connectivity index (χ1v) is 11.7. The lowest BCUT2D eigenvalue weighted by molar-refractivity contribution is -0.127. The molecule has 1 fully saturated rings. The van der Waals surface area contributed by atoms with Crippen molar-refractivity contribution < 1.29 is 27.5 Å². The number of nitrogens with one attached hydrogen (secondary N) is 2. The van der Waals surface area contributed by atoms with Crippen LogP contribution in [-0.2, 0) is 14.6 Å². The third-order valence-electron chi connectivity index (χ3n) is 5.21. The van der Waals surface area contributed by atoms with E-state index < -0.39 is 27.7 Å². The summed E-state index contributed by atoms with van der Waals surface area (Å²) in [5.74, 6) is 0.0769. The quantitative estimate of drug-likeness (QED) is 0.666. The van der Waals surface area contributed by atoms with Gasteiger partial charge in [0.1, 0.15) is 19.3 Å². The van der Waals surface area contributed by atoms with E-state index in [0.29, 0.717) is 35.8 Å². The molecule has 0 spiro atoms. The maximum Gasteiger partial charge on any atom is 0.269 e. The number of carbonyl (C=O) groups excluding carboxylic acids is 2. The number of amides is 2. The molecule has 2 amide bonds. The minimum atomic E-state index is -3.09. The van der Waals surface area contributed by atoms with Gasteiger partial charge in [-0.1, -0.05) is 30.3 Å². The molecule has 0 aromatic heterocycles. The Bertz CT molecular complexity index is 1060. The highest BCUT2D eigenvalue weighted by Gasteiger charge is 2.32. The van der Waals surface area contributed by atoms with Crippen LogP contribution in [0.3, 0.4) is 0 Å². The SMILES string of the molecule is O=C(NNC(=O)C(c1ccccc1)N1CCS(=O)(=O)CC1)c1ccc2c(c1)OCCO2. The molecule has 2 aromatic carbocycles. The topological polar surface area (TPSA) is 114 Å². The molecule has 0 saturated carbocycles. The molecule has 1 atom stereocenters. The number of hydrogen-bond donors (Lipinski definition) is 2. The first-order valence-electron chi connectivity index (χ1n) is 9.92. The molecular formula is C21H23N3O6S. The summed E-state index contributed by atoms with van der Waals surface area (Å²) in [6.07, 6.45) is 0. The Morgan fingerprint density at radius 3 is 2.29 bits per heavy atom. The van der Waals surface area contributed by atoms with Crippen LogP contribution in [-0.4, -0.2) is 62.9 Å². The minimum absolute atomic E-state index is 0.00678. The Labute approximate surface area is 180 Å². The monoisotopic (exact) mass is 445 g/mol. The van der Waals surface area contributed by atoms with E-state index in [-0.39, 0.29) is 24.6 Å². The van der Waals surface area contributed by atoms with Crippen molar-refractivity contribution in [3.8, 4) is 11.5 Å². The van der Waals surface area contributed by atoms with Crippen LogP contribution in [0.2, 0.25) is 0 Å². The molecular weight excluding hydrogens is 422 g/mol. The fraction of sp³-hybridized carbons (Fsp3) is 0.333. The van der Waals surface area contributed by atoms with Gasteiger partial charge in [0, 0.05) is 18.7 Å². The molecule has 1 unspecified atom stereocenters. The average molecular weight is 445 g/mol. The van der Waals surface area contributed by atoms with Crippen LogP contribution < -0.4 is 20.3 Å². The van der Waals surface area contributed by atoms with E-state index in [1.807, 2.05) is 23.1 Å². The molecule has 2 aliphatic rings. The Balaban J connectivity index is 1.45. The fourth-order valence-corrected chi connectivity index (χ4v) is 4.82. The highest BCUT2D eigenvalue weighted by Crippen LogP contribution is 2.30. The first kappa shape index (κ1) is 21.1. The van der Waals surface area contributed by atoms with Crippen LogP contribution in [0.1, 0.15) is 22.0 Å². The van der Waals surface area contributed by atoms with Crippen LogP contribution in [0.4, 0.5) is 0 Å². The third-order valence-corrected chi connectivity index (χ3v) is 6.82. The van der Waals surface area contributed by atoms with Gasteiger partial charge in [-0.15, -0.1) is 0 Å². The predicted molar refractivity (Wildman–Crippen MR) is 112 cm³/mol. The van der Waals surface area contributed by atoms with Gasteiger partial charge < -0.3 is 9.47 Å². The number of nitrogens with zero attached hydrogens (tertiary/aromatic N) is 1. The van der Waals surface area contributed by atoms with Gasteiger partial charge >= 0.3 is 0 Å². The normalized spacial score (nSPS) is 18.6. The second-order valence-electron chi connectivity index (χ2n) is 7.30. The summed E-state index contributed by atoms with van der Waals surface area (Å²) >= 11 is 0. The zero-order valence-corrected chi connectivity index (χ0v) is 17.6. The minimum Gasteiger partial charge on any atom is -0.486 e. The van der Waals surface area contributed by atoms with Crippen LogP contribution >= 0.6 is 0 Å². The second-order valence-corrected chi connectivity index (χ2v) is 9.61. The predicted octanol–water partition coefficient (Wildman–Crippen LogP) is 0.690. The number of fused-ring (bicyclic) bond motifs is 1. The van der Waals surface area contributed by atoms with Crippen molar-refractivity contribution in [2.75, 3.05) is 37.8 Å². The maximum absolute atomic E-state index is 13.0. The molecule has 0 bridgehead atoms. The zero-order valence-electron chi connectivity index (χ0n) is 16.7. The van der Waals surface area contributed by atoms with Crippen molar-refractivity contribution in [2.24, 2.45) is 0 Å². The van der Waals surface area contributed by atoms with Crippen LogP contribution in [0.25, 0.3) is 0 Å². The van der Waals surface area contributed by atoms with E-state index in [1.54, 1.807) is 30.3 Å². The molecule has 164 valence electrons. The van der Waals surface area contributed by atoms with Crippen molar-refractivity contribution >= 4 is 21.7 Å². The molecule has 31 heavy (non-hydrogen) atoms. The van der Waals surface area contributed by atoms with Gasteiger partial charge in [-0.3, -0.25) is 25.3 Å². The van der Waals surface area contributed by atoms with Crippen LogP contribution in [0.15, 0.2) is 48.5 Å². The first-order chi connectivity index (χ1) is 14.9. The molecule has 10 heteroatoms. The number of sulfone groups is 1. The number of ether oxygens (including phenoxy) is 2. The van der Waals surface area contributed by atoms with Gasteiger partial charge in [0.05, 0.1) is 11.5 Å².